The molecule has 7 bridgehead atoms. The Morgan fingerprint density at radius 1 is 1.27 bits per heavy atom. The number of piperidine rings is 1. The van der Waals surface area contributed by atoms with Crippen LogP contribution in [-0.4, -0.2) is 47.8 Å². The molecule has 26 heavy (non-hydrogen) atoms. The predicted molar refractivity (Wildman–Crippen MR) is 97.2 cm³/mol. The van der Waals surface area contributed by atoms with Crippen molar-refractivity contribution in [1.82, 2.24) is 4.90 Å². The number of aliphatic hydroxyl groups is 1. The van der Waals surface area contributed by atoms with E-state index in [4.69, 9.17) is 4.74 Å². The molecule has 1 N–H and O–H groups in total. The molecule has 5 saturated carbocycles. The monoisotopic (exact) mass is 357 g/mol. The van der Waals surface area contributed by atoms with Gasteiger partial charge < -0.3 is 9.84 Å². The fraction of sp³-hybridized carbons (Fsp3) is 0.864. The highest BCUT2D eigenvalue weighted by atomic mass is 16.5. The Morgan fingerprint density at radius 3 is 2.92 bits per heavy atom. The minimum atomic E-state index is -0.278. The van der Waals surface area contributed by atoms with Crippen molar-refractivity contribution in [2.45, 2.75) is 64.2 Å². The van der Waals surface area contributed by atoms with Crippen LogP contribution in [0.4, 0.5) is 0 Å². The van der Waals surface area contributed by atoms with E-state index in [-0.39, 0.29) is 29.8 Å². The molecule has 0 aromatic rings. The first-order chi connectivity index (χ1) is 12.5. The van der Waals surface area contributed by atoms with Crippen molar-refractivity contribution < 1.29 is 14.6 Å². The summed E-state index contributed by atoms with van der Waals surface area (Å²) in [7, 11) is 0. The van der Waals surface area contributed by atoms with Crippen LogP contribution in [0.2, 0.25) is 0 Å². The van der Waals surface area contributed by atoms with E-state index in [1.165, 1.54) is 19.3 Å². The molecule has 4 nitrogen and oxygen atoms in total. The molecule has 8 aliphatic rings. The summed E-state index contributed by atoms with van der Waals surface area (Å²) in [5.41, 5.74) is 1.05. The zero-order chi connectivity index (χ0) is 17.9. The Balaban J connectivity index is 1.54. The SMILES string of the molecule is C=C1C(=O)C23CC[C@H]1CC2[C@@]12CCC[C@@]4(C)CN(CCO)[C@@H]1O[C@@H]3CC42. The van der Waals surface area contributed by atoms with Gasteiger partial charge in [0.25, 0.3) is 0 Å². The molecular formula is C22H31NO3. The van der Waals surface area contributed by atoms with E-state index in [1.54, 1.807) is 0 Å². The molecule has 3 aliphatic heterocycles. The molecule has 3 heterocycles. The minimum absolute atomic E-state index is 0.0637. The number of aliphatic hydroxyl groups excluding tert-OH is 1. The standard InChI is InChI=1S/C22H31NO3/c1-13-14-4-7-22(18(13)25)16(10-14)21-6-3-5-20(2)12-23(8-9-24)19(21)26-17(22)11-15(20)21/h14-17,19,24H,1,3-12H2,2H3/t14-,15?,16?,17+,19+,20-,21-,22?/m0/s1. The van der Waals surface area contributed by atoms with E-state index >= 15 is 0 Å². The van der Waals surface area contributed by atoms with E-state index in [2.05, 4.69) is 18.4 Å². The number of hydrogen-bond donors (Lipinski definition) is 1. The van der Waals surface area contributed by atoms with Crippen molar-refractivity contribution in [3.8, 4) is 0 Å². The van der Waals surface area contributed by atoms with Crippen molar-refractivity contribution in [3.05, 3.63) is 12.2 Å². The first-order valence-corrected chi connectivity index (χ1v) is 10.7. The molecule has 0 aromatic heterocycles. The number of hydrogen-bond acceptors (Lipinski definition) is 4. The second kappa shape index (κ2) is 4.82. The lowest BCUT2D eigenvalue weighted by molar-refractivity contribution is -0.384. The molecule has 8 fully saturated rings. The van der Waals surface area contributed by atoms with E-state index in [0.29, 0.717) is 35.5 Å². The maximum absolute atomic E-state index is 13.5. The van der Waals surface area contributed by atoms with Gasteiger partial charge in [0.15, 0.2) is 5.78 Å². The van der Waals surface area contributed by atoms with Crippen LogP contribution in [0.25, 0.3) is 0 Å². The van der Waals surface area contributed by atoms with Crippen LogP contribution in [0.15, 0.2) is 12.2 Å². The van der Waals surface area contributed by atoms with Crippen molar-refractivity contribution in [1.29, 1.82) is 0 Å². The number of carbonyl (C=O) groups is 1. The number of allylic oxidation sites excluding steroid dienone is 1. The van der Waals surface area contributed by atoms with Crippen LogP contribution >= 0.6 is 0 Å². The molecular weight excluding hydrogens is 326 g/mol. The van der Waals surface area contributed by atoms with Gasteiger partial charge >= 0.3 is 0 Å². The number of rotatable bonds is 2. The van der Waals surface area contributed by atoms with Crippen LogP contribution in [0.5, 0.6) is 0 Å². The number of ether oxygens (including phenoxy) is 1. The molecule has 4 heteroatoms. The summed E-state index contributed by atoms with van der Waals surface area (Å²) in [6, 6.07) is 0. The third-order valence-electron chi connectivity index (χ3n) is 9.81. The average Bonchev–Trinajstić information content (AvgIpc) is 2.63. The van der Waals surface area contributed by atoms with Crippen LogP contribution in [0.3, 0.4) is 0 Å². The minimum Gasteiger partial charge on any atom is -0.395 e. The van der Waals surface area contributed by atoms with Gasteiger partial charge in [0, 0.05) is 18.5 Å². The first-order valence-electron chi connectivity index (χ1n) is 10.7. The van der Waals surface area contributed by atoms with E-state index < -0.39 is 0 Å². The van der Waals surface area contributed by atoms with Gasteiger partial charge in [-0.2, -0.15) is 0 Å². The highest BCUT2D eigenvalue weighted by Crippen LogP contribution is 2.77. The molecule has 0 amide bonds. The van der Waals surface area contributed by atoms with Gasteiger partial charge in [-0.15, -0.1) is 0 Å². The quantitative estimate of drug-likeness (QED) is 0.772. The molecule has 3 saturated heterocycles. The molecule has 0 radical (unpaired) electrons. The number of carbonyl (C=O) groups excluding carboxylic acids is 1. The molecule has 8 rings (SSSR count). The predicted octanol–water partition coefficient (Wildman–Crippen LogP) is 2.76. The van der Waals surface area contributed by atoms with Gasteiger partial charge in [-0.05, 0) is 67.3 Å². The highest BCUT2D eigenvalue weighted by Gasteiger charge is 2.79. The zero-order valence-corrected chi connectivity index (χ0v) is 15.9. The number of likely N-dealkylation sites (tertiary alicyclic amines) is 1. The molecule has 2 spiro atoms. The van der Waals surface area contributed by atoms with Gasteiger partial charge in [-0.3, -0.25) is 9.69 Å². The Morgan fingerprint density at radius 2 is 2.12 bits per heavy atom. The van der Waals surface area contributed by atoms with E-state index in [1.807, 2.05) is 0 Å². The number of β-amino-alcohol motifs (C(OH)–C–C–N with tert-alkyl or cyclic N) is 1. The summed E-state index contributed by atoms with van der Waals surface area (Å²) in [4.78, 5) is 15.9. The molecule has 8 atom stereocenters. The average molecular weight is 357 g/mol. The molecule has 5 aliphatic carbocycles. The molecule has 3 unspecified atom stereocenters. The van der Waals surface area contributed by atoms with Crippen LogP contribution in [-0.2, 0) is 9.53 Å². The lowest BCUT2D eigenvalue weighted by Gasteiger charge is -2.78. The topological polar surface area (TPSA) is 49.8 Å². The molecule has 142 valence electrons. The number of Topliss-reactive ketones (excluding diaryl/α,β-unsaturated/α-hetero) is 1. The van der Waals surface area contributed by atoms with Crippen LogP contribution in [0, 0.1) is 34.0 Å². The molecule has 0 aromatic carbocycles. The van der Waals surface area contributed by atoms with Crippen molar-refractivity contribution in [3.63, 3.8) is 0 Å². The second-order valence-electron chi connectivity index (χ2n) is 10.5. The normalized spacial score (nSPS) is 57.4. The summed E-state index contributed by atoms with van der Waals surface area (Å²) >= 11 is 0. The van der Waals surface area contributed by atoms with Crippen molar-refractivity contribution in [2.75, 3.05) is 19.7 Å². The Labute approximate surface area is 156 Å². The van der Waals surface area contributed by atoms with E-state index in [0.717, 1.165) is 37.8 Å². The van der Waals surface area contributed by atoms with Gasteiger partial charge in [-0.25, -0.2) is 0 Å². The zero-order valence-electron chi connectivity index (χ0n) is 15.9. The third-order valence-corrected chi connectivity index (χ3v) is 9.81. The van der Waals surface area contributed by atoms with Crippen LogP contribution < -0.4 is 0 Å². The van der Waals surface area contributed by atoms with Gasteiger partial charge in [0.2, 0.25) is 0 Å². The summed E-state index contributed by atoms with van der Waals surface area (Å²) in [6.45, 7) is 8.62. The smallest absolute Gasteiger partial charge is 0.167 e. The fourth-order valence-corrected chi connectivity index (χ4v) is 9.06. The fourth-order valence-electron chi connectivity index (χ4n) is 9.06. The lowest BCUT2D eigenvalue weighted by atomic mass is 9.32. The van der Waals surface area contributed by atoms with Crippen LogP contribution in [0.1, 0.15) is 51.9 Å². The maximum atomic E-state index is 13.5. The van der Waals surface area contributed by atoms with Gasteiger partial charge in [-0.1, -0.05) is 19.9 Å². The number of fused-ring (bicyclic) bond motifs is 2. The summed E-state index contributed by atoms with van der Waals surface area (Å²) in [5, 5.41) is 9.68. The second-order valence-corrected chi connectivity index (χ2v) is 10.5. The lowest BCUT2D eigenvalue weighted by Crippen LogP contribution is -2.81. The summed E-state index contributed by atoms with van der Waals surface area (Å²) < 4.78 is 6.80. The Kier molecular flexibility index (Phi) is 3.01. The number of ketones is 1. The third kappa shape index (κ3) is 1.52. The highest BCUT2D eigenvalue weighted by molar-refractivity contribution is 6.02. The van der Waals surface area contributed by atoms with Gasteiger partial charge in [0.1, 0.15) is 6.23 Å². The summed E-state index contributed by atoms with van der Waals surface area (Å²) in [6.07, 6.45) is 8.29. The van der Waals surface area contributed by atoms with Crippen molar-refractivity contribution >= 4 is 5.78 Å². The van der Waals surface area contributed by atoms with Gasteiger partial charge in [0.05, 0.1) is 18.1 Å². The summed E-state index contributed by atoms with van der Waals surface area (Å²) in [5.74, 6) is 1.91. The largest absolute Gasteiger partial charge is 0.395 e. The van der Waals surface area contributed by atoms with Crippen molar-refractivity contribution in [2.24, 2.45) is 34.0 Å². The van der Waals surface area contributed by atoms with E-state index in [9.17, 15) is 9.90 Å². The number of nitrogens with zero attached hydrogens (tertiary/aromatic N) is 1. The maximum Gasteiger partial charge on any atom is 0.167 e. The Hall–Kier alpha value is -0.710. The first kappa shape index (κ1) is 16.3. The Bertz CT molecular complexity index is 706.